The van der Waals surface area contributed by atoms with Gasteiger partial charge in [0.05, 0.1) is 22.1 Å². The first-order chi connectivity index (χ1) is 17.0. The van der Waals surface area contributed by atoms with Gasteiger partial charge in [-0.1, -0.05) is 45.1 Å². The van der Waals surface area contributed by atoms with Crippen LogP contribution in [0.25, 0.3) is 10.4 Å². The summed E-state index contributed by atoms with van der Waals surface area (Å²) in [5, 5.41) is 23.5. The van der Waals surface area contributed by atoms with Gasteiger partial charge < -0.3 is 15.5 Å². The molecule has 1 amide bonds. The molecule has 0 saturated heterocycles. The molecule has 1 aromatic heterocycles. The van der Waals surface area contributed by atoms with E-state index in [-0.39, 0.29) is 23.3 Å². The topological polar surface area (TPSA) is 99.5 Å². The Labute approximate surface area is 217 Å². The van der Waals surface area contributed by atoms with Gasteiger partial charge in [0.2, 0.25) is 0 Å². The van der Waals surface area contributed by atoms with Gasteiger partial charge in [0.15, 0.2) is 5.01 Å². The molecular formula is C29H38N2O4S. The smallest absolute Gasteiger partial charge is 0.306 e. The van der Waals surface area contributed by atoms with Crippen LogP contribution in [0.5, 0.6) is 0 Å². The van der Waals surface area contributed by atoms with Gasteiger partial charge >= 0.3 is 5.97 Å². The van der Waals surface area contributed by atoms with E-state index in [0.29, 0.717) is 23.8 Å². The van der Waals surface area contributed by atoms with E-state index < -0.39 is 11.6 Å². The normalized spacial score (nSPS) is 23.7. The lowest BCUT2D eigenvalue weighted by Gasteiger charge is -2.32. The molecule has 3 aliphatic carbocycles. The van der Waals surface area contributed by atoms with E-state index >= 15 is 0 Å². The molecular weight excluding hydrogens is 472 g/mol. The summed E-state index contributed by atoms with van der Waals surface area (Å²) < 4.78 is 0. The SMILES string of the molecule is CC(C)(O)c1cc(-c2sc(C(=O)NC3CC(C(=O)O)C3)nc2CC2CCCCC2)cc(C2(C)CC2)c1. The van der Waals surface area contributed by atoms with Gasteiger partial charge in [-0.05, 0) is 86.1 Å². The molecule has 1 aromatic carbocycles. The number of benzene rings is 1. The number of nitrogens with one attached hydrogen (secondary N) is 1. The summed E-state index contributed by atoms with van der Waals surface area (Å²) >= 11 is 1.43. The maximum Gasteiger partial charge on any atom is 0.306 e. The first-order valence-electron chi connectivity index (χ1n) is 13.4. The van der Waals surface area contributed by atoms with Crippen molar-refractivity contribution in [1.82, 2.24) is 10.3 Å². The molecule has 2 aromatic rings. The number of aliphatic carboxylic acids is 1. The molecule has 3 saturated carbocycles. The van der Waals surface area contributed by atoms with Crippen LogP contribution in [0.4, 0.5) is 0 Å². The zero-order valence-electron chi connectivity index (χ0n) is 21.6. The largest absolute Gasteiger partial charge is 0.481 e. The van der Waals surface area contributed by atoms with Gasteiger partial charge in [-0.15, -0.1) is 11.3 Å². The van der Waals surface area contributed by atoms with Crippen LogP contribution < -0.4 is 5.32 Å². The fourth-order valence-corrected chi connectivity index (χ4v) is 6.58. The van der Waals surface area contributed by atoms with Crippen LogP contribution in [-0.4, -0.2) is 33.1 Å². The Morgan fingerprint density at radius 1 is 1.14 bits per heavy atom. The lowest BCUT2D eigenvalue weighted by atomic mass is 9.80. The van der Waals surface area contributed by atoms with Crippen LogP contribution in [-0.2, 0) is 22.2 Å². The average molecular weight is 511 g/mol. The highest BCUT2D eigenvalue weighted by Gasteiger charge is 2.40. The second-order valence-corrected chi connectivity index (χ2v) is 13.1. The number of aliphatic hydroxyl groups is 1. The third-order valence-corrected chi connectivity index (χ3v) is 9.66. The van der Waals surface area contributed by atoms with Crippen molar-refractivity contribution >= 4 is 23.2 Å². The quantitative estimate of drug-likeness (QED) is 0.416. The van der Waals surface area contributed by atoms with E-state index in [4.69, 9.17) is 10.1 Å². The lowest BCUT2D eigenvalue weighted by Crippen LogP contribution is -2.46. The molecule has 6 nitrogen and oxygen atoms in total. The standard InChI is InChI=1S/C29H38N2O4S/c1-28(2,35)20-12-18(13-21(16-20)29(3)9-10-29)24-23(11-17-7-5-4-6-8-17)31-26(36-24)25(32)30-22-14-19(15-22)27(33)34/h12-13,16-17,19,22,35H,4-11,14-15H2,1-3H3,(H,30,32)(H,33,34). The third kappa shape index (κ3) is 5.37. The number of nitrogens with zero attached hydrogens (tertiary/aromatic N) is 1. The summed E-state index contributed by atoms with van der Waals surface area (Å²) in [7, 11) is 0. The minimum Gasteiger partial charge on any atom is -0.481 e. The van der Waals surface area contributed by atoms with E-state index in [1.54, 1.807) is 0 Å². The molecule has 1 heterocycles. The number of amides is 1. The highest BCUT2D eigenvalue weighted by Crippen LogP contribution is 2.49. The van der Waals surface area contributed by atoms with Gasteiger partial charge in [-0.3, -0.25) is 9.59 Å². The average Bonchev–Trinajstić information content (AvgIpc) is 3.42. The lowest BCUT2D eigenvalue weighted by molar-refractivity contribution is -0.145. The molecule has 3 N–H and O–H groups in total. The van der Waals surface area contributed by atoms with E-state index in [1.807, 2.05) is 13.8 Å². The van der Waals surface area contributed by atoms with Crippen LogP contribution in [0.1, 0.15) is 105 Å². The van der Waals surface area contributed by atoms with Gasteiger partial charge in [-0.2, -0.15) is 0 Å². The molecule has 3 fully saturated rings. The number of carbonyl (C=O) groups is 2. The number of carboxylic acids is 1. The number of aromatic nitrogens is 1. The summed E-state index contributed by atoms with van der Waals surface area (Å²) in [6.07, 6.45) is 10.3. The molecule has 194 valence electrons. The van der Waals surface area contributed by atoms with Crippen molar-refractivity contribution in [3.8, 4) is 10.4 Å². The summed E-state index contributed by atoms with van der Waals surface area (Å²) in [5.74, 6) is -0.788. The van der Waals surface area contributed by atoms with Crippen LogP contribution in [0.15, 0.2) is 18.2 Å². The second-order valence-electron chi connectivity index (χ2n) is 12.1. The minimum atomic E-state index is -0.963. The Morgan fingerprint density at radius 2 is 1.83 bits per heavy atom. The highest BCUT2D eigenvalue weighted by atomic mass is 32.1. The molecule has 0 aliphatic heterocycles. The zero-order chi connectivity index (χ0) is 25.7. The number of hydrogen-bond donors (Lipinski definition) is 3. The van der Waals surface area contributed by atoms with E-state index in [0.717, 1.165) is 41.0 Å². The van der Waals surface area contributed by atoms with Gasteiger partial charge in [0, 0.05) is 6.04 Å². The Kier molecular flexibility index (Phi) is 6.75. The second kappa shape index (κ2) is 9.56. The number of rotatable bonds is 8. The molecule has 0 atom stereocenters. The maximum atomic E-state index is 13.1. The first-order valence-corrected chi connectivity index (χ1v) is 14.3. The predicted octanol–water partition coefficient (Wildman–Crippen LogP) is 5.80. The van der Waals surface area contributed by atoms with Gasteiger partial charge in [0.1, 0.15) is 0 Å². The highest BCUT2D eigenvalue weighted by molar-refractivity contribution is 7.17. The summed E-state index contributed by atoms with van der Waals surface area (Å²) in [6.45, 7) is 5.92. The van der Waals surface area contributed by atoms with Crippen LogP contribution in [0.2, 0.25) is 0 Å². The molecule has 5 rings (SSSR count). The molecule has 36 heavy (non-hydrogen) atoms. The first kappa shape index (κ1) is 25.4. The van der Waals surface area contributed by atoms with Crippen molar-refractivity contribution in [2.75, 3.05) is 0 Å². The Hall–Kier alpha value is -2.25. The Morgan fingerprint density at radius 3 is 2.44 bits per heavy atom. The summed E-state index contributed by atoms with van der Waals surface area (Å²) in [4.78, 5) is 30.2. The number of carboxylic acid groups (broad SMARTS) is 1. The maximum absolute atomic E-state index is 13.1. The summed E-state index contributed by atoms with van der Waals surface area (Å²) in [6, 6.07) is 6.35. The molecule has 0 unspecified atom stereocenters. The van der Waals surface area contributed by atoms with Crippen LogP contribution in [0.3, 0.4) is 0 Å². The molecule has 0 spiro atoms. The fourth-order valence-electron chi connectivity index (χ4n) is 5.60. The third-order valence-electron chi connectivity index (χ3n) is 8.52. The van der Waals surface area contributed by atoms with Crippen molar-refractivity contribution in [2.45, 2.75) is 102 Å². The van der Waals surface area contributed by atoms with Crippen molar-refractivity contribution < 1.29 is 19.8 Å². The number of carbonyl (C=O) groups excluding carboxylic acids is 1. The van der Waals surface area contributed by atoms with Crippen molar-refractivity contribution in [3.05, 3.63) is 40.0 Å². The minimum absolute atomic E-state index is 0.104. The molecule has 0 bridgehead atoms. The van der Waals surface area contributed by atoms with Crippen molar-refractivity contribution in [2.24, 2.45) is 11.8 Å². The Balaban J connectivity index is 1.48. The van der Waals surface area contributed by atoms with Crippen molar-refractivity contribution in [1.29, 1.82) is 0 Å². The van der Waals surface area contributed by atoms with Crippen LogP contribution in [0, 0.1) is 11.8 Å². The van der Waals surface area contributed by atoms with Gasteiger partial charge in [0.25, 0.3) is 5.91 Å². The number of thiazole rings is 1. The van der Waals surface area contributed by atoms with E-state index in [9.17, 15) is 14.7 Å². The van der Waals surface area contributed by atoms with Crippen LogP contribution >= 0.6 is 11.3 Å². The monoisotopic (exact) mass is 510 g/mol. The van der Waals surface area contributed by atoms with Crippen molar-refractivity contribution in [3.63, 3.8) is 0 Å². The molecule has 3 aliphatic rings. The zero-order valence-corrected chi connectivity index (χ0v) is 22.4. The van der Waals surface area contributed by atoms with E-state index in [1.165, 1.54) is 49.0 Å². The predicted molar refractivity (Wildman–Crippen MR) is 141 cm³/mol. The van der Waals surface area contributed by atoms with E-state index in [2.05, 4.69) is 30.4 Å². The fraction of sp³-hybridized carbons (Fsp3) is 0.621. The molecule has 0 radical (unpaired) electrons. The van der Waals surface area contributed by atoms with Gasteiger partial charge in [-0.25, -0.2) is 4.98 Å². The number of hydrogen-bond acceptors (Lipinski definition) is 5. The Bertz CT molecular complexity index is 1130. The molecule has 7 heteroatoms. The summed E-state index contributed by atoms with van der Waals surface area (Å²) in [5.41, 5.74) is 3.34.